The van der Waals surface area contributed by atoms with E-state index in [9.17, 15) is 0 Å². The first-order valence-electron chi connectivity index (χ1n) is 7.00. The summed E-state index contributed by atoms with van der Waals surface area (Å²) in [5.41, 5.74) is 15.9. The van der Waals surface area contributed by atoms with Gasteiger partial charge in [0.15, 0.2) is 0 Å². The molecule has 0 aromatic heterocycles. The molecule has 0 saturated heterocycles. The molecule has 0 fully saturated rings. The van der Waals surface area contributed by atoms with Gasteiger partial charge in [0, 0.05) is 12.7 Å². The van der Waals surface area contributed by atoms with Crippen molar-refractivity contribution >= 4 is 17.1 Å². The molecule has 2 heteroatoms. The van der Waals surface area contributed by atoms with E-state index in [1.165, 1.54) is 33.5 Å². The summed E-state index contributed by atoms with van der Waals surface area (Å²) in [6.07, 6.45) is 0. The Hall–Kier alpha value is -1.96. The number of para-hydroxylation sites is 1. The molecule has 2 nitrogen and oxygen atoms in total. The molecule has 0 heterocycles. The highest BCUT2D eigenvalue weighted by molar-refractivity contribution is 5.80. The van der Waals surface area contributed by atoms with E-state index in [0.717, 1.165) is 11.4 Å². The van der Waals surface area contributed by atoms with Crippen LogP contribution in [0.15, 0.2) is 24.3 Å². The van der Waals surface area contributed by atoms with Crippen LogP contribution in [0.4, 0.5) is 17.1 Å². The Balaban J connectivity index is 2.69. The molecule has 0 radical (unpaired) electrons. The fourth-order valence-corrected chi connectivity index (χ4v) is 2.95. The fraction of sp³-hybridized carbons (Fsp3) is 0.333. The summed E-state index contributed by atoms with van der Waals surface area (Å²) < 4.78 is 0. The molecule has 0 unspecified atom stereocenters. The van der Waals surface area contributed by atoms with Crippen LogP contribution in [0.1, 0.15) is 27.8 Å². The molecule has 2 N–H and O–H groups in total. The molecule has 2 aromatic carbocycles. The van der Waals surface area contributed by atoms with Crippen LogP contribution in [0.25, 0.3) is 0 Å². The first kappa shape index (κ1) is 14.4. The molecule has 0 aliphatic rings. The van der Waals surface area contributed by atoms with Crippen LogP contribution >= 0.6 is 0 Å². The molecule has 0 amide bonds. The van der Waals surface area contributed by atoms with Gasteiger partial charge in [-0.2, -0.15) is 0 Å². The molecule has 106 valence electrons. The lowest BCUT2D eigenvalue weighted by Gasteiger charge is -2.28. The summed E-state index contributed by atoms with van der Waals surface area (Å²) in [6, 6.07) is 8.33. The van der Waals surface area contributed by atoms with Gasteiger partial charge in [0.25, 0.3) is 0 Å². The topological polar surface area (TPSA) is 29.3 Å². The van der Waals surface area contributed by atoms with E-state index in [4.69, 9.17) is 5.73 Å². The zero-order valence-corrected chi connectivity index (χ0v) is 13.3. The SMILES string of the molecule is Cc1cc(C)c(C)c(N(C)c2c(C)cccc2N)c1C. The van der Waals surface area contributed by atoms with Crippen LogP contribution in [-0.4, -0.2) is 7.05 Å². The van der Waals surface area contributed by atoms with E-state index < -0.39 is 0 Å². The molecule has 2 rings (SSSR count). The Morgan fingerprint density at radius 3 is 1.85 bits per heavy atom. The largest absolute Gasteiger partial charge is 0.397 e. The smallest absolute Gasteiger partial charge is 0.0671 e. The van der Waals surface area contributed by atoms with Gasteiger partial charge in [0.05, 0.1) is 11.4 Å². The Labute approximate surface area is 122 Å². The highest BCUT2D eigenvalue weighted by Crippen LogP contribution is 2.37. The molecule has 0 bridgehead atoms. The number of hydrogen-bond donors (Lipinski definition) is 1. The lowest BCUT2D eigenvalue weighted by Crippen LogP contribution is -2.16. The van der Waals surface area contributed by atoms with E-state index in [1.807, 2.05) is 12.1 Å². The molecule has 2 aromatic rings. The zero-order valence-electron chi connectivity index (χ0n) is 13.3. The van der Waals surface area contributed by atoms with Crippen molar-refractivity contribution in [2.24, 2.45) is 0 Å². The van der Waals surface area contributed by atoms with E-state index in [1.54, 1.807) is 0 Å². The molecule has 0 aliphatic carbocycles. The standard InChI is InChI=1S/C18H24N2/c1-11-8-7-9-16(19)17(11)20(6)18-14(4)12(2)10-13(3)15(18)5/h7-10H,19H2,1-6H3. The van der Waals surface area contributed by atoms with E-state index >= 15 is 0 Å². The van der Waals surface area contributed by atoms with Crippen molar-refractivity contribution in [3.8, 4) is 0 Å². The molecular weight excluding hydrogens is 244 g/mol. The Morgan fingerprint density at radius 1 is 0.800 bits per heavy atom. The minimum atomic E-state index is 0.824. The number of hydrogen-bond acceptors (Lipinski definition) is 2. The molecular formula is C18H24N2. The lowest BCUT2D eigenvalue weighted by molar-refractivity contribution is 1.12. The van der Waals surface area contributed by atoms with Crippen LogP contribution in [-0.2, 0) is 0 Å². The molecule has 0 spiro atoms. The van der Waals surface area contributed by atoms with Gasteiger partial charge >= 0.3 is 0 Å². The highest BCUT2D eigenvalue weighted by atomic mass is 15.1. The second kappa shape index (κ2) is 5.20. The van der Waals surface area contributed by atoms with Crippen LogP contribution < -0.4 is 10.6 Å². The average Bonchev–Trinajstić information content (AvgIpc) is 2.36. The maximum atomic E-state index is 6.19. The summed E-state index contributed by atoms with van der Waals surface area (Å²) >= 11 is 0. The molecule has 0 saturated carbocycles. The maximum Gasteiger partial charge on any atom is 0.0671 e. The summed E-state index contributed by atoms with van der Waals surface area (Å²) in [4.78, 5) is 2.23. The second-order valence-corrected chi connectivity index (χ2v) is 5.68. The number of rotatable bonds is 2. The molecule has 20 heavy (non-hydrogen) atoms. The van der Waals surface area contributed by atoms with Gasteiger partial charge in [-0.05, 0) is 68.5 Å². The number of aryl methyl sites for hydroxylation is 3. The van der Waals surface area contributed by atoms with Crippen molar-refractivity contribution in [3.63, 3.8) is 0 Å². The third kappa shape index (κ3) is 2.26. The van der Waals surface area contributed by atoms with Crippen molar-refractivity contribution < 1.29 is 0 Å². The monoisotopic (exact) mass is 268 g/mol. The number of benzene rings is 2. The summed E-state index contributed by atoms with van der Waals surface area (Å²) in [5.74, 6) is 0. The van der Waals surface area contributed by atoms with E-state index in [2.05, 4.69) is 58.7 Å². The summed E-state index contributed by atoms with van der Waals surface area (Å²) in [6.45, 7) is 10.8. The average molecular weight is 268 g/mol. The molecule has 0 atom stereocenters. The van der Waals surface area contributed by atoms with Gasteiger partial charge < -0.3 is 10.6 Å². The van der Waals surface area contributed by atoms with Crippen LogP contribution in [0, 0.1) is 34.6 Å². The number of nitrogens with zero attached hydrogens (tertiary/aromatic N) is 1. The molecule has 0 aliphatic heterocycles. The Morgan fingerprint density at radius 2 is 1.35 bits per heavy atom. The first-order chi connectivity index (χ1) is 9.34. The third-order valence-electron chi connectivity index (χ3n) is 4.27. The van der Waals surface area contributed by atoms with Crippen LogP contribution in [0.3, 0.4) is 0 Å². The Kier molecular flexibility index (Phi) is 3.76. The van der Waals surface area contributed by atoms with Gasteiger partial charge in [-0.15, -0.1) is 0 Å². The van der Waals surface area contributed by atoms with E-state index in [0.29, 0.717) is 0 Å². The van der Waals surface area contributed by atoms with Crippen molar-refractivity contribution in [1.82, 2.24) is 0 Å². The predicted octanol–water partition coefficient (Wildman–Crippen LogP) is 4.58. The minimum absolute atomic E-state index is 0.824. The number of nitrogen functional groups attached to an aromatic ring is 1. The van der Waals surface area contributed by atoms with Gasteiger partial charge in [-0.1, -0.05) is 18.2 Å². The van der Waals surface area contributed by atoms with Gasteiger partial charge in [0.2, 0.25) is 0 Å². The van der Waals surface area contributed by atoms with E-state index in [-0.39, 0.29) is 0 Å². The van der Waals surface area contributed by atoms with Crippen molar-refractivity contribution in [3.05, 3.63) is 52.1 Å². The normalized spacial score (nSPS) is 10.7. The van der Waals surface area contributed by atoms with Crippen LogP contribution in [0.5, 0.6) is 0 Å². The van der Waals surface area contributed by atoms with Crippen molar-refractivity contribution in [1.29, 1.82) is 0 Å². The van der Waals surface area contributed by atoms with Crippen molar-refractivity contribution in [2.75, 3.05) is 17.7 Å². The van der Waals surface area contributed by atoms with Gasteiger partial charge in [-0.3, -0.25) is 0 Å². The van der Waals surface area contributed by atoms with Gasteiger partial charge in [0.1, 0.15) is 0 Å². The van der Waals surface area contributed by atoms with Gasteiger partial charge in [-0.25, -0.2) is 0 Å². The first-order valence-corrected chi connectivity index (χ1v) is 7.00. The fourth-order valence-electron chi connectivity index (χ4n) is 2.95. The quantitative estimate of drug-likeness (QED) is 0.808. The maximum absolute atomic E-state index is 6.19. The zero-order chi connectivity index (χ0) is 15.0. The number of anilines is 3. The summed E-state index contributed by atoms with van der Waals surface area (Å²) in [5, 5.41) is 0. The predicted molar refractivity (Wildman–Crippen MR) is 89.0 cm³/mol. The highest BCUT2D eigenvalue weighted by Gasteiger charge is 2.16. The lowest BCUT2D eigenvalue weighted by atomic mass is 9.97. The summed E-state index contributed by atoms with van der Waals surface area (Å²) in [7, 11) is 2.10. The van der Waals surface area contributed by atoms with Crippen LogP contribution in [0.2, 0.25) is 0 Å². The number of nitrogens with two attached hydrogens (primary N) is 1. The third-order valence-corrected chi connectivity index (χ3v) is 4.27. The minimum Gasteiger partial charge on any atom is -0.397 e. The second-order valence-electron chi connectivity index (χ2n) is 5.68. The van der Waals surface area contributed by atoms with Crippen molar-refractivity contribution in [2.45, 2.75) is 34.6 Å². The Bertz CT molecular complexity index is 610.